The third-order valence-corrected chi connectivity index (χ3v) is 3.53. The zero-order valence-corrected chi connectivity index (χ0v) is 10.8. The molecule has 1 aromatic rings. The van der Waals surface area contributed by atoms with Gasteiger partial charge in [0.15, 0.2) is 0 Å². The van der Waals surface area contributed by atoms with Crippen molar-refractivity contribution in [2.75, 3.05) is 19.3 Å². The van der Waals surface area contributed by atoms with Crippen molar-refractivity contribution in [3.8, 4) is 0 Å². The smallest absolute Gasteiger partial charge is 0.0176 e. The van der Waals surface area contributed by atoms with Gasteiger partial charge in [0, 0.05) is 9.37 Å². The summed E-state index contributed by atoms with van der Waals surface area (Å²) in [6.45, 7) is 1.13. The Morgan fingerprint density at radius 1 is 1.21 bits per heavy atom. The van der Waals surface area contributed by atoms with E-state index >= 15 is 0 Å². The molecule has 1 rings (SSSR count). The molecule has 0 saturated carbocycles. The van der Waals surface area contributed by atoms with Crippen molar-refractivity contribution in [2.45, 2.75) is 17.7 Å². The molecule has 0 atom stereocenters. The first-order valence-corrected chi connectivity index (χ1v) is 6.64. The van der Waals surface area contributed by atoms with Crippen molar-refractivity contribution < 1.29 is 0 Å². The van der Waals surface area contributed by atoms with Crippen LogP contribution in [-0.2, 0) is 0 Å². The van der Waals surface area contributed by atoms with Gasteiger partial charge in [0.1, 0.15) is 0 Å². The maximum absolute atomic E-state index is 3.43. The van der Waals surface area contributed by atoms with Gasteiger partial charge in [0.25, 0.3) is 0 Å². The first-order valence-electron chi connectivity index (χ1n) is 4.86. The molecule has 0 spiro atoms. The van der Waals surface area contributed by atoms with E-state index in [-0.39, 0.29) is 0 Å². The van der Waals surface area contributed by atoms with E-state index in [4.69, 9.17) is 0 Å². The largest absolute Gasteiger partial charge is 0.320 e. The van der Waals surface area contributed by atoms with E-state index in [1.165, 1.54) is 23.5 Å². The summed E-state index contributed by atoms with van der Waals surface area (Å²) in [6.07, 6.45) is 2.54. The predicted octanol–water partition coefficient (Wildman–Crippen LogP) is 3.54. The van der Waals surface area contributed by atoms with E-state index in [0.717, 1.165) is 11.0 Å². The Labute approximate surface area is 98.8 Å². The molecule has 1 nitrogen and oxygen atoms in total. The summed E-state index contributed by atoms with van der Waals surface area (Å²) in [5.41, 5.74) is 0. The van der Waals surface area contributed by atoms with Crippen molar-refractivity contribution in [3.63, 3.8) is 0 Å². The number of thioether (sulfide) groups is 1. The van der Waals surface area contributed by atoms with Crippen molar-refractivity contribution in [1.82, 2.24) is 5.32 Å². The lowest BCUT2D eigenvalue weighted by Crippen LogP contribution is -2.07. The highest BCUT2D eigenvalue weighted by Gasteiger charge is 1.93. The lowest BCUT2D eigenvalue weighted by atomic mass is 10.3. The highest BCUT2D eigenvalue weighted by molar-refractivity contribution is 9.10. The average Bonchev–Trinajstić information content (AvgIpc) is 2.21. The van der Waals surface area contributed by atoms with Crippen LogP contribution in [0.25, 0.3) is 0 Å². The maximum atomic E-state index is 3.43. The zero-order valence-electron chi connectivity index (χ0n) is 8.42. The molecule has 14 heavy (non-hydrogen) atoms. The highest BCUT2D eigenvalue weighted by atomic mass is 79.9. The normalized spacial score (nSPS) is 10.4. The van der Waals surface area contributed by atoms with Gasteiger partial charge in [-0.15, -0.1) is 11.8 Å². The number of benzene rings is 1. The number of hydrogen-bond acceptors (Lipinski definition) is 2. The first-order chi connectivity index (χ1) is 6.83. The molecule has 0 heterocycles. The van der Waals surface area contributed by atoms with E-state index in [9.17, 15) is 0 Å². The van der Waals surface area contributed by atoms with Crippen LogP contribution in [0.15, 0.2) is 33.6 Å². The lowest BCUT2D eigenvalue weighted by Gasteiger charge is -2.01. The molecule has 0 aliphatic heterocycles. The van der Waals surface area contributed by atoms with E-state index < -0.39 is 0 Å². The number of rotatable bonds is 6. The van der Waals surface area contributed by atoms with Gasteiger partial charge in [0.05, 0.1) is 0 Å². The molecule has 0 aliphatic carbocycles. The highest BCUT2D eigenvalue weighted by Crippen LogP contribution is 2.21. The molecule has 0 amide bonds. The van der Waals surface area contributed by atoms with Gasteiger partial charge in [-0.2, -0.15) is 0 Å². The molecule has 0 fully saturated rings. The molecule has 0 radical (unpaired) electrons. The molecule has 3 heteroatoms. The molecular weight excluding hydrogens is 258 g/mol. The quantitative estimate of drug-likeness (QED) is 0.629. The van der Waals surface area contributed by atoms with E-state index in [1.54, 1.807) is 0 Å². The van der Waals surface area contributed by atoms with Gasteiger partial charge >= 0.3 is 0 Å². The summed E-state index contributed by atoms with van der Waals surface area (Å²) >= 11 is 5.36. The molecule has 1 aromatic carbocycles. The summed E-state index contributed by atoms with van der Waals surface area (Å²) in [5.74, 6) is 1.21. The molecule has 0 saturated heterocycles. The minimum atomic E-state index is 1.13. The minimum absolute atomic E-state index is 1.13. The summed E-state index contributed by atoms with van der Waals surface area (Å²) in [4.78, 5) is 1.36. The molecular formula is C11H16BrNS. The average molecular weight is 274 g/mol. The number of hydrogen-bond donors (Lipinski definition) is 1. The van der Waals surface area contributed by atoms with Crippen LogP contribution in [0.4, 0.5) is 0 Å². The number of halogens is 1. The molecule has 0 bridgehead atoms. The van der Waals surface area contributed by atoms with Crippen LogP contribution in [-0.4, -0.2) is 19.3 Å². The standard InChI is InChI=1S/C11H16BrNS/c1-13-8-2-3-9-14-11-6-4-10(12)5-7-11/h4-7,13H,2-3,8-9H2,1H3. The Morgan fingerprint density at radius 3 is 2.57 bits per heavy atom. The summed E-state index contributed by atoms with van der Waals surface area (Å²) in [6, 6.07) is 8.51. The predicted molar refractivity (Wildman–Crippen MR) is 68.0 cm³/mol. The van der Waals surface area contributed by atoms with Crippen LogP contribution >= 0.6 is 27.7 Å². The van der Waals surface area contributed by atoms with E-state index in [1.807, 2.05) is 18.8 Å². The second-order valence-electron chi connectivity index (χ2n) is 3.11. The van der Waals surface area contributed by atoms with Crippen LogP contribution in [0.5, 0.6) is 0 Å². The summed E-state index contributed by atoms with van der Waals surface area (Å²) in [7, 11) is 2.00. The third kappa shape index (κ3) is 5.03. The zero-order chi connectivity index (χ0) is 10.2. The summed E-state index contributed by atoms with van der Waals surface area (Å²) in [5, 5.41) is 3.16. The first kappa shape index (κ1) is 12.1. The van der Waals surface area contributed by atoms with Gasteiger partial charge in [-0.1, -0.05) is 15.9 Å². The SMILES string of the molecule is CNCCCCSc1ccc(Br)cc1. The van der Waals surface area contributed by atoms with Gasteiger partial charge in [0.2, 0.25) is 0 Å². The summed E-state index contributed by atoms with van der Waals surface area (Å²) < 4.78 is 1.15. The van der Waals surface area contributed by atoms with Crippen molar-refractivity contribution >= 4 is 27.7 Å². The lowest BCUT2D eigenvalue weighted by molar-refractivity contribution is 0.715. The van der Waals surface area contributed by atoms with Crippen LogP contribution in [0.1, 0.15) is 12.8 Å². The Balaban J connectivity index is 2.15. The van der Waals surface area contributed by atoms with E-state index in [2.05, 4.69) is 45.5 Å². The van der Waals surface area contributed by atoms with Gasteiger partial charge in [-0.3, -0.25) is 0 Å². The molecule has 0 aromatic heterocycles. The van der Waals surface area contributed by atoms with Crippen LogP contribution in [0.2, 0.25) is 0 Å². The fraction of sp³-hybridized carbons (Fsp3) is 0.455. The molecule has 1 N–H and O–H groups in total. The molecule has 78 valence electrons. The van der Waals surface area contributed by atoms with Gasteiger partial charge in [-0.25, -0.2) is 0 Å². The van der Waals surface area contributed by atoms with Crippen molar-refractivity contribution in [1.29, 1.82) is 0 Å². The van der Waals surface area contributed by atoms with Crippen LogP contribution in [0, 0.1) is 0 Å². The minimum Gasteiger partial charge on any atom is -0.320 e. The Kier molecular flexibility index (Phi) is 6.32. The van der Waals surface area contributed by atoms with Crippen LogP contribution < -0.4 is 5.32 Å². The van der Waals surface area contributed by atoms with Gasteiger partial charge < -0.3 is 5.32 Å². The Morgan fingerprint density at radius 2 is 1.93 bits per heavy atom. The van der Waals surface area contributed by atoms with Gasteiger partial charge in [-0.05, 0) is 56.5 Å². The second kappa shape index (κ2) is 7.32. The fourth-order valence-corrected chi connectivity index (χ4v) is 2.30. The second-order valence-corrected chi connectivity index (χ2v) is 5.20. The number of nitrogens with one attached hydrogen (secondary N) is 1. The monoisotopic (exact) mass is 273 g/mol. The fourth-order valence-electron chi connectivity index (χ4n) is 1.12. The molecule has 0 unspecified atom stereocenters. The Bertz CT molecular complexity index is 248. The van der Waals surface area contributed by atoms with E-state index in [0.29, 0.717) is 0 Å². The Hall–Kier alpha value is 0.01000. The third-order valence-electron chi connectivity index (χ3n) is 1.90. The molecule has 0 aliphatic rings. The maximum Gasteiger partial charge on any atom is 0.0176 e. The van der Waals surface area contributed by atoms with Crippen LogP contribution in [0.3, 0.4) is 0 Å². The van der Waals surface area contributed by atoms with Crippen molar-refractivity contribution in [3.05, 3.63) is 28.7 Å². The van der Waals surface area contributed by atoms with Crippen molar-refractivity contribution in [2.24, 2.45) is 0 Å². The number of unbranched alkanes of at least 4 members (excludes halogenated alkanes) is 1. The topological polar surface area (TPSA) is 12.0 Å².